The average Bonchev–Trinajstić information content (AvgIpc) is 3.21. The zero-order valence-electron chi connectivity index (χ0n) is 18.8. The number of aromatic nitrogens is 1. The molecule has 0 saturated carbocycles. The fourth-order valence-electron chi connectivity index (χ4n) is 4.70. The van der Waals surface area contributed by atoms with E-state index in [0.29, 0.717) is 41.7 Å². The number of carboxylic acids is 1. The van der Waals surface area contributed by atoms with E-state index in [-0.39, 0.29) is 27.9 Å². The number of nitrogens with zero attached hydrogens (tertiary/aromatic N) is 2. The molecular formula is C25H23Cl2F3N2O3. The molecule has 4 rings (SSSR count). The Morgan fingerprint density at radius 2 is 1.80 bits per heavy atom. The molecule has 2 aromatic carbocycles. The lowest BCUT2D eigenvalue weighted by molar-refractivity contribution is -0.139. The standard InChI is InChI=1S/C25H23Cl2F3N2O3/c1-14-10-18(25(28,29)30)12-16-6-9-32(23(14)16)24(35)21-19(26)3-2-17(22(21)27)13-31-7-4-15(5-8-31)11-20(33)34/h2-3,6,9-10,12,15H,4-5,7-8,11,13H2,1H3,(H,33,34). The van der Waals surface area contributed by atoms with Crippen molar-refractivity contribution in [2.24, 2.45) is 5.92 Å². The van der Waals surface area contributed by atoms with Crippen molar-refractivity contribution < 1.29 is 27.9 Å². The number of rotatable bonds is 5. The van der Waals surface area contributed by atoms with E-state index in [1.54, 1.807) is 12.1 Å². The van der Waals surface area contributed by atoms with Crippen molar-refractivity contribution >= 4 is 46.0 Å². The summed E-state index contributed by atoms with van der Waals surface area (Å²) in [7, 11) is 0. The van der Waals surface area contributed by atoms with E-state index in [1.807, 2.05) is 0 Å². The van der Waals surface area contributed by atoms with Crippen molar-refractivity contribution in [1.29, 1.82) is 0 Å². The Bertz CT molecular complexity index is 1300. The highest BCUT2D eigenvalue weighted by Gasteiger charge is 2.32. The molecule has 3 aromatic rings. The summed E-state index contributed by atoms with van der Waals surface area (Å²) in [5, 5.41) is 9.63. The molecule has 2 heterocycles. The van der Waals surface area contributed by atoms with Crippen LogP contribution in [0.15, 0.2) is 36.5 Å². The van der Waals surface area contributed by atoms with Gasteiger partial charge in [-0.2, -0.15) is 13.2 Å². The summed E-state index contributed by atoms with van der Waals surface area (Å²) in [5.74, 6) is -1.18. The van der Waals surface area contributed by atoms with Crippen molar-refractivity contribution in [2.75, 3.05) is 13.1 Å². The third-order valence-electron chi connectivity index (χ3n) is 6.47. The summed E-state index contributed by atoms with van der Waals surface area (Å²) < 4.78 is 40.9. The molecule has 1 fully saturated rings. The Morgan fingerprint density at radius 3 is 2.43 bits per heavy atom. The lowest BCUT2D eigenvalue weighted by Gasteiger charge is -2.31. The highest BCUT2D eigenvalue weighted by Crippen LogP contribution is 2.35. The summed E-state index contributed by atoms with van der Waals surface area (Å²) in [4.78, 5) is 26.6. The van der Waals surface area contributed by atoms with E-state index in [2.05, 4.69) is 4.90 Å². The van der Waals surface area contributed by atoms with Gasteiger partial charge in [0.2, 0.25) is 0 Å². The van der Waals surface area contributed by atoms with Crippen molar-refractivity contribution in [3.63, 3.8) is 0 Å². The van der Waals surface area contributed by atoms with E-state index >= 15 is 0 Å². The minimum absolute atomic E-state index is 0.0865. The Kier molecular flexibility index (Phi) is 7.18. The number of likely N-dealkylation sites (tertiary alicyclic amines) is 1. The van der Waals surface area contributed by atoms with Crippen molar-refractivity contribution in [3.8, 4) is 0 Å². The number of carbonyl (C=O) groups excluding carboxylic acids is 1. The van der Waals surface area contributed by atoms with Gasteiger partial charge in [0.1, 0.15) is 0 Å². The number of halogens is 5. The number of hydrogen-bond donors (Lipinski definition) is 1. The molecule has 0 unspecified atom stereocenters. The first-order chi connectivity index (χ1) is 16.5. The third kappa shape index (κ3) is 5.34. The Labute approximate surface area is 210 Å². The minimum atomic E-state index is -4.49. The van der Waals surface area contributed by atoms with Gasteiger partial charge in [-0.15, -0.1) is 0 Å². The molecule has 1 saturated heterocycles. The molecule has 0 spiro atoms. The predicted molar refractivity (Wildman–Crippen MR) is 128 cm³/mol. The van der Waals surface area contributed by atoms with Crippen LogP contribution in [0.2, 0.25) is 10.0 Å². The van der Waals surface area contributed by atoms with Crippen LogP contribution in [0.5, 0.6) is 0 Å². The van der Waals surface area contributed by atoms with Crippen molar-refractivity contribution in [1.82, 2.24) is 9.47 Å². The quantitative estimate of drug-likeness (QED) is 0.404. The lowest BCUT2D eigenvalue weighted by atomic mass is 9.93. The van der Waals surface area contributed by atoms with Crippen LogP contribution in [0, 0.1) is 12.8 Å². The van der Waals surface area contributed by atoms with Gasteiger partial charge >= 0.3 is 12.1 Å². The van der Waals surface area contributed by atoms with Gasteiger partial charge in [-0.25, -0.2) is 0 Å². The largest absolute Gasteiger partial charge is 0.481 e. The minimum Gasteiger partial charge on any atom is -0.481 e. The predicted octanol–water partition coefficient (Wildman–Crippen LogP) is 6.65. The molecule has 1 aliphatic rings. The molecule has 0 aliphatic carbocycles. The van der Waals surface area contributed by atoms with Gasteiger partial charge in [-0.3, -0.25) is 19.1 Å². The van der Waals surface area contributed by atoms with Crippen LogP contribution in [0.25, 0.3) is 10.9 Å². The lowest BCUT2D eigenvalue weighted by Crippen LogP contribution is -2.34. The SMILES string of the molecule is Cc1cc(C(F)(F)F)cc2ccn(C(=O)c3c(Cl)ccc(CN4CCC(CC(=O)O)CC4)c3Cl)c12. The fourth-order valence-corrected chi connectivity index (χ4v) is 5.29. The van der Waals surface area contributed by atoms with Crippen LogP contribution < -0.4 is 0 Å². The summed E-state index contributed by atoms with van der Waals surface area (Å²) in [6.45, 7) is 3.41. The first kappa shape index (κ1) is 25.5. The highest BCUT2D eigenvalue weighted by atomic mass is 35.5. The first-order valence-corrected chi connectivity index (χ1v) is 11.9. The normalized spacial score (nSPS) is 15.6. The number of hydrogen-bond acceptors (Lipinski definition) is 3. The molecule has 0 bridgehead atoms. The molecule has 5 nitrogen and oxygen atoms in total. The van der Waals surface area contributed by atoms with Crippen LogP contribution in [-0.4, -0.2) is 39.5 Å². The Morgan fingerprint density at radius 1 is 1.11 bits per heavy atom. The maximum Gasteiger partial charge on any atom is 0.416 e. The monoisotopic (exact) mass is 526 g/mol. The molecule has 0 radical (unpaired) electrons. The second-order valence-electron chi connectivity index (χ2n) is 8.93. The van der Waals surface area contributed by atoms with Gasteiger partial charge in [-0.05, 0) is 74.2 Å². The third-order valence-corrected chi connectivity index (χ3v) is 7.22. The topological polar surface area (TPSA) is 62.5 Å². The highest BCUT2D eigenvalue weighted by molar-refractivity contribution is 6.40. The van der Waals surface area contributed by atoms with E-state index in [9.17, 15) is 22.8 Å². The van der Waals surface area contributed by atoms with Gasteiger partial charge in [0.25, 0.3) is 5.91 Å². The molecule has 10 heteroatoms. The molecule has 186 valence electrons. The zero-order valence-corrected chi connectivity index (χ0v) is 20.3. The van der Waals surface area contributed by atoms with Crippen molar-refractivity contribution in [2.45, 2.75) is 38.9 Å². The van der Waals surface area contributed by atoms with Crippen LogP contribution in [0.4, 0.5) is 13.2 Å². The maximum absolute atomic E-state index is 13.5. The first-order valence-electron chi connectivity index (χ1n) is 11.1. The van der Waals surface area contributed by atoms with Gasteiger partial charge in [0.15, 0.2) is 0 Å². The number of benzene rings is 2. The summed E-state index contributed by atoms with van der Waals surface area (Å²) >= 11 is 13.0. The Hall–Kier alpha value is -2.55. The number of piperidine rings is 1. The molecule has 1 N–H and O–H groups in total. The second kappa shape index (κ2) is 9.84. The zero-order chi connectivity index (χ0) is 25.5. The van der Waals surface area contributed by atoms with Gasteiger partial charge in [0.05, 0.1) is 26.7 Å². The summed E-state index contributed by atoms with van der Waals surface area (Å²) in [5.41, 5.74) is 0.673. The number of aryl methyl sites for hydroxylation is 1. The van der Waals surface area contributed by atoms with Crippen LogP contribution >= 0.6 is 23.2 Å². The second-order valence-corrected chi connectivity index (χ2v) is 9.72. The van der Waals surface area contributed by atoms with Gasteiger partial charge in [-0.1, -0.05) is 29.3 Å². The molecule has 0 amide bonds. The smallest absolute Gasteiger partial charge is 0.416 e. The number of alkyl halides is 3. The van der Waals surface area contributed by atoms with E-state index < -0.39 is 23.6 Å². The number of aliphatic carboxylic acids is 1. The molecule has 35 heavy (non-hydrogen) atoms. The number of carbonyl (C=O) groups is 2. The van der Waals surface area contributed by atoms with Crippen LogP contribution in [-0.2, 0) is 17.5 Å². The van der Waals surface area contributed by atoms with E-state index in [1.165, 1.54) is 23.8 Å². The van der Waals surface area contributed by atoms with Crippen LogP contribution in [0.3, 0.4) is 0 Å². The van der Waals surface area contributed by atoms with E-state index in [0.717, 1.165) is 25.0 Å². The molecule has 0 atom stereocenters. The Balaban J connectivity index is 1.61. The summed E-state index contributed by atoms with van der Waals surface area (Å²) in [6, 6.07) is 6.83. The van der Waals surface area contributed by atoms with E-state index in [4.69, 9.17) is 28.3 Å². The number of carboxylic acid groups (broad SMARTS) is 1. The summed E-state index contributed by atoms with van der Waals surface area (Å²) in [6.07, 6.45) is -1.39. The average molecular weight is 527 g/mol. The molecular weight excluding hydrogens is 504 g/mol. The van der Waals surface area contributed by atoms with Gasteiger partial charge in [0, 0.05) is 24.5 Å². The van der Waals surface area contributed by atoms with Crippen molar-refractivity contribution in [3.05, 3.63) is 68.8 Å². The molecule has 1 aliphatic heterocycles. The maximum atomic E-state index is 13.5. The van der Waals surface area contributed by atoms with Crippen LogP contribution in [0.1, 0.15) is 46.3 Å². The van der Waals surface area contributed by atoms with Gasteiger partial charge < -0.3 is 5.11 Å². The fraction of sp³-hybridized carbons (Fsp3) is 0.360. The number of fused-ring (bicyclic) bond motifs is 1. The molecule has 1 aromatic heterocycles.